The van der Waals surface area contributed by atoms with E-state index in [1.54, 1.807) is 6.08 Å². The summed E-state index contributed by atoms with van der Waals surface area (Å²) in [6, 6.07) is 0. The number of rotatable bonds is 27. The second-order valence-corrected chi connectivity index (χ2v) is 15.4. The van der Waals surface area contributed by atoms with Crippen molar-refractivity contribution in [2.24, 2.45) is 35.5 Å². The molecular weight excluding hydrogens is 512 g/mol. The third-order valence-corrected chi connectivity index (χ3v) is 9.30. The summed E-state index contributed by atoms with van der Waals surface area (Å²) in [5, 5.41) is 0. The fourth-order valence-electron chi connectivity index (χ4n) is 6.10. The first-order valence-corrected chi connectivity index (χ1v) is 18.4. The van der Waals surface area contributed by atoms with Gasteiger partial charge in [0.2, 0.25) is 0 Å². The molecule has 0 bridgehead atoms. The Kier molecular flexibility index (Phi) is 25.7. The summed E-state index contributed by atoms with van der Waals surface area (Å²) in [5.41, 5.74) is 2.49. The van der Waals surface area contributed by atoms with Crippen LogP contribution in [0.25, 0.3) is 0 Å². The molecule has 0 radical (unpaired) electrons. The number of hydrogen-bond donors (Lipinski definition) is 0. The molecule has 0 aliphatic heterocycles. The Hall–Kier alpha value is -1.05. The number of hydrogen-bond acceptors (Lipinski definition) is 2. The molecule has 0 fully saturated rings. The molecular formula is C40H76O2. The molecule has 0 saturated heterocycles. The molecule has 0 aromatic heterocycles. The maximum absolute atomic E-state index is 12.3. The predicted octanol–water partition coefficient (Wildman–Crippen LogP) is 13.3. The first kappa shape index (κ1) is 41.0. The average molecular weight is 589 g/mol. The van der Waals surface area contributed by atoms with Gasteiger partial charge in [0.15, 0.2) is 0 Å². The minimum absolute atomic E-state index is 0.192. The fourth-order valence-corrected chi connectivity index (χ4v) is 6.10. The van der Waals surface area contributed by atoms with Gasteiger partial charge in [-0.2, -0.15) is 0 Å². The Balaban J connectivity index is 3.93. The maximum atomic E-state index is 12.3. The lowest BCUT2D eigenvalue weighted by molar-refractivity contribution is -0.136. The summed E-state index contributed by atoms with van der Waals surface area (Å²) in [6.07, 6.45) is 27.3. The molecule has 42 heavy (non-hydrogen) atoms. The molecule has 0 N–H and O–H groups in total. The molecule has 0 amide bonds. The van der Waals surface area contributed by atoms with Crippen molar-refractivity contribution in [3.05, 3.63) is 23.3 Å². The van der Waals surface area contributed by atoms with Gasteiger partial charge in [-0.15, -0.1) is 0 Å². The third kappa shape index (κ3) is 27.8. The standard InChI is InChI=1S/C40H76O2/c1-32(2)17-11-19-34(5)21-13-23-36(7)25-15-27-38(9)29-30-42-40(41)31-39(10)28-16-26-37(8)24-14-22-35(6)20-12-18-33(3)4/h29,31-37H,11-28,30H2,1-10H3/b38-29+,39-31+/t34-,35+,36-,37+/m0/s1. The molecule has 0 unspecified atom stereocenters. The van der Waals surface area contributed by atoms with Crippen LogP contribution >= 0.6 is 0 Å². The lowest BCUT2D eigenvalue weighted by atomic mass is 9.91. The van der Waals surface area contributed by atoms with E-state index in [2.05, 4.69) is 75.3 Å². The Morgan fingerprint density at radius 1 is 0.500 bits per heavy atom. The molecule has 0 aliphatic carbocycles. The van der Waals surface area contributed by atoms with Crippen LogP contribution in [0.2, 0.25) is 0 Å². The van der Waals surface area contributed by atoms with Crippen LogP contribution in [0.4, 0.5) is 0 Å². The van der Waals surface area contributed by atoms with Crippen LogP contribution < -0.4 is 0 Å². The van der Waals surface area contributed by atoms with E-state index in [0.717, 1.165) is 60.3 Å². The lowest BCUT2D eigenvalue weighted by Crippen LogP contribution is -2.03. The highest BCUT2D eigenvalue weighted by atomic mass is 16.5. The molecule has 4 atom stereocenters. The van der Waals surface area contributed by atoms with Crippen LogP contribution in [0.5, 0.6) is 0 Å². The number of allylic oxidation sites excluding steroid dienone is 2. The Bertz CT molecular complexity index is 700. The van der Waals surface area contributed by atoms with E-state index in [1.165, 1.54) is 102 Å². The van der Waals surface area contributed by atoms with Crippen LogP contribution in [0.1, 0.15) is 185 Å². The van der Waals surface area contributed by atoms with Gasteiger partial charge in [-0.05, 0) is 81.1 Å². The van der Waals surface area contributed by atoms with Crippen LogP contribution in [0.15, 0.2) is 23.3 Å². The molecule has 0 spiro atoms. The zero-order chi connectivity index (χ0) is 31.8. The number of carbonyl (C=O) groups excluding carboxylic acids is 1. The van der Waals surface area contributed by atoms with Crippen LogP contribution in [0, 0.1) is 35.5 Å². The van der Waals surface area contributed by atoms with Gasteiger partial charge in [0.05, 0.1) is 0 Å². The van der Waals surface area contributed by atoms with Gasteiger partial charge in [0, 0.05) is 6.08 Å². The van der Waals surface area contributed by atoms with Gasteiger partial charge in [0.1, 0.15) is 6.61 Å². The maximum Gasteiger partial charge on any atom is 0.331 e. The average Bonchev–Trinajstić information content (AvgIpc) is 2.88. The second kappa shape index (κ2) is 26.4. The topological polar surface area (TPSA) is 26.3 Å². The zero-order valence-corrected chi connectivity index (χ0v) is 30.4. The number of ether oxygens (including phenoxy) is 1. The SMILES string of the molecule is C/C(=C\COC(=O)/C=C(\C)CCC[C@H](C)CCC[C@H](C)CCCC(C)C)CCC[C@@H](C)CCC[C@@H](C)CCCC(C)C. The fraction of sp³-hybridized carbons (Fsp3) is 0.875. The summed E-state index contributed by atoms with van der Waals surface area (Å²) in [7, 11) is 0. The highest BCUT2D eigenvalue weighted by Gasteiger charge is 2.09. The van der Waals surface area contributed by atoms with E-state index < -0.39 is 0 Å². The molecule has 0 rings (SSSR count). The van der Waals surface area contributed by atoms with Crippen molar-refractivity contribution in [2.45, 2.75) is 185 Å². The van der Waals surface area contributed by atoms with Crippen molar-refractivity contribution in [3.63, 3.8) is 0 Å². The predicted molar refractivity (Wildman–Crippen MR) is 188 cm³/mol. The molecule has 0 aromatic rings. The molecule has 0 aromatic carbocycles. The van der Waals surface area contributed by atoms with Gasteiger partial charge in [-0.3, -0.25) is 0 Å². The minimum atomic E-state index is -0.192. The Morgan fingerprint density at radius 3 is 1.21 bits per heavy atom. The Labute approximate surface area is 265 Å². The second-order valence-electron chi connectivity index (χ2n) is 15.4. The number of esters is 1. The molecule has 248 valence electrons. The monoisotopic (exact) mass is 589 g/mol. The molecule has 0 aliphatic rings. The molecule has 0 heterocycles. The lowest BCUT2D eigenvalue weighted by Gasteiger charge is -2.15. The molecule has 2 heteroatoms. The van der Waals surface area contributed by atoms with Crippen molar-refractivity contribution in [1.29, 1.82) is 0 Å². The van der Waals surface area contributed by atoms with Gasteiger partial charge >= 0.3 is 5.97 Å². The van der Waals surface area contributed by atoms with Crippen molar-refractivity contribution in [1.82, 2.24) is 0 Å². The van der Waals surface area contributed by atoms with Crippen molar-refractivity contribution >= 4 is 5.97 Å². The normalized spacial score (nSPS) is 15.7. The smallest absolute Gasteiger partial charge is 0.331 e. The summed E-state index contributed by atoms with van der Waals surface area (Å²) < 4.78 is 5.48. The van der Waals surface area contributed by atoms with Crippen molar-refractivity contribution in [3.8, 4) is 0 Å². The Morgan fingerprint density at radius 2 is 0.833 bits per heavy atom. The van der Waals surface area contributed by atoms with Crippen molar-refractivity contribution in [2.75, 3.05) is 6.61 Å². The quantitative estimate of drug-likeness (QED) is 0.0542. The summed E-state index contributed by atoms with van der Waals surface area (Å²) >= 11 is 0. The van der Waals surface area contributed by atoms with Crippen LogP contribution in [0.3, 0.4) is 0 Å². The van der Waals surface area contributed by atoms with Gasteiger partial charge in [0.25, 0.3) is 0 Å². The van der Waals surface area contributed by atoms with Gasteiger partial charge < -0.3 is 4.74 Å². The highest BCUT2D eigenvalue weighted by molar-refractivity contribution is 5.82. The van der Waals surface area contributed by atoms with E-state index in [9.17, 15) is 4.79 Å². The largest absolute Gasteiger partial charge is 0.458 e. The first-order valence-electron chi connectivity index (χ1n) is 18.4. The summed E-state index contributed by atoms with van der Waals surface area (Å²) in [5.74, 6) is 4.82. The summed E-state index contributed by atoms with van der Waals surface area (Å²) in [4.78, 5) is 12.3. The van der Waals surface area contributed by atoms with Crippen molar-refractivity contribution < 1.29 is 9.53 Å². The third-order valence-electron chi connectivity index (χ3n) is 9.30. The van der Waals surface area contributed by atoms with E-state index >= 15 is 0 Å². The highest BCUT2D eigenvalue weighted by Crippen LogP contribution is 2.23. The minimum Gasteiger partial charge on any atom is -0.458 e. The van der Waals surface area contributed by atoms with E-state index in [1.807, 2.05) is 0 Å². The molecule has 2 nitrogen and oxygen atoms in total. The van der Waals surface area contributed by atoms with Gasteiger partial charge in [-0.25, -0.2) is 4.79 Å². The van der Waals surface area contributed by atoms with Gasteiger partial charge in [-0.1, -0.05) is 156 Å². The van der Waals surface area contributed by atoms with E-state index in [-0.39, 0.29) is 5.97 Å². The van der Waals surface area contributed by atoms with E-state index in [0.29, 0.717) is 6.61 Å². The number of carbonyl (C=O) groups is 1. The van der Waals surface area contributed by atoms with Crippen LogP contribution in [-0.2, 0) is 9.53 Å². The van der Waals surface area contributed by atoms with E-state index in [4.69, 9.17) is 4.74 Å². The molecule has 0 saturated carbocycles. The first-order chi connectivity index (χ1) is 19.9. The van der Waals surface area contributed by atoms with Crippen LogP contribution in [-0.4, -0.2) is 12.6 Å². The summed E-state index contributed by atoms with van der Waals surface area (Å²) in [6.45, 7) is 23.6. The zero-order valence-electron chi connectivity index (χ0n) is 30.4.